The zero-order valence-electron chi connectivity index (χ0n) is 10.2. The van der Waals surface area contributed by atoms with Crippen LogP contribution in [-0.2, 0) is 4.79 Å². The largest absolute Gasteiger partial charge is 0.346 e. The van der Waals surface area contributed by atoms with Crippen molar-refractivity contribution in [1.82, 2.24) is 10.3 Å². The highest BCUT2D eigenvalue weighted by molar-refractivity contribution is 7.11. The van der Waals surface area contributed by atoms with E-state index in [-0.39, 0.29) is 17.9 Å². The van der Waals surface area contributed by atoms with Crippen molar-refractivity contribution >= 4 is 17.2 Å². The summed E-state index contributed by atoms with van der Waals surface area (Å²) in [5, 5.41) is 3.79. The van der Waals surface area contributed by atoms with Crippen LogP contribution in [0.25, 0.3) is 0 Å². The minimum absolute atomic E-state index is 0.0731. The number of hydrogen-bond donors (Lipinski definition) is 2. The van der Waals surface area contributed by atoms with Crippen LogP contribution in [0.5, 0.6) is 0 Å². The summed E-state index contributed by atoms with van der Waals surface area (Å²) < 4.78 is 0. The molecule has 0 aliphatic carbocycles. The van der Waals surface area contributed by atoms with Gasteiger partial charge in [-0.1, -0.05) is 13.8 Å². The van der Waals surface area contributed by atoms with Gasteiger partial charge in [-0.05, 0) is 19.8 Å². The summed E-state index contributed by atoms with van der Waals surface area (Å²) in [5.41, 5.74) is 5.76. The summed E-state index contributed by atoms with van der Waals surface area (Å²) in [6.45, 7) is 7.78. The van der Waals surface area contributed by atoms with Crippen molar-refractivity contribution in [2.24, 2.45) is 11.7 Å². The number of aryl methyl sites for hydroxylation is 1. The van der Waals surface area contributed by atoms with Gasteiger partial charge in [0, 0.05) is 11.1 Å². The highest BCUT2D eigenvalue weighted by atomic mass is 32.1. The first-order chi connectivity index (χ1) is 7.41. The molecule has 0 aliphatic heterocycles. The molecule has 1 amide bonds. The van der Waals surface area contributed by atoms with Crippen LogP contribution in [-0.4, -0.2) is 16.9 Å². The average Bonchev–Trinajstić information content (AvgIpc) is 2.63. The second-order valence-electron chi connectivity index (χ2n) is 4.31. The standard InChI is InChI=1S/C11H19N3OS/c1-6(2)9(12)10(15)14-8(4)11-13-5-7(3)16-11/h5-6,8-9H,12H2,1-4H3,(H,14,15). The van der Waals surface area contributed by atoms with E-state index in [9.17, 15) is 4.79 Å². The van der Waals surface area contributed by atoms with Crippen molar-refractivity contribution < 1.29 is 4.79 Å². The third-order valence-corrected chi connectivity index (χ3v) is 3.48. The Kier molecular flexibility index (Phi) is 4.44. The SMILES string of the molecule is Cc1cnc(C(C)NC(=O)C(N)C(C)C)s1. The van der Waals surface area contributed by atoms with E-state index in [1.807, 2.05) is 33.9 Å². The molecule has 0 spiro atoms. The number of carbonyl (C=O) groups is 1. The molecule has 0 saturated carbocycles. The van der Waals surface area contributed by atoms with Crippen LogP contribution in [0.15, 0.2) is 6.20 Å². The van der Waals surface area contributed by atoms with Crippen LogP contribution in [0.4, 0.5) is 0 Å². The van der Waals surface area contributed by atoms with Gasteiger partial charge in [0.15, 0.2) is 0 Å². The Hall–Kier alpha value is -0.940. The first-order valence-corrected chi connectivity index (χ1v) is 6.21. The number of nitrogens with zero attached hydrogens (tertiary/aromatic N) is 1. The monoisotopic (exact) mass is 241 g/mol. The first kappa shape index (κ1) is 13.1. The van der Waals surface area contributed by atoms with Gasteiger partial charge < -0.3 is 11.1 Å². The van der Waals surface area contributed by atoms with Crippen LogP contribution < -0.4 is 11.1 Å². The molecular weight excluding hydrogens is 222 g/mol. The Morgan fingerprint density at radius 2 is 2.12 bits per heavy atom. The number of nitrogens with two attached hydrogens (primary N) is 1. The van der Waals surface area contributed by atoms with Gasteiger partial charge in [-0.2, -0.15) is 0 Å². The maximum atomic E-state index is 11.7. The van der Waals surface area contributed by atoms with E-state index in [4.69, 9.17) is 5.73 Å². The molecule has 1 rings (SSSR count). The van der Waals surface area contributed by atoms with Crippen LogP contribution in [0.1, 0.15) is 36.7 Å². The smallest absolute Gasteiger partial charge is 0.237 e. The van der Waals surface area contributed by atoms with E-state index in [1.165, 1.54) is 0 Å². The molecule has 0 saturated heterocycles. The fourth-order valence-corrected chi connectivity index (χ4v) is 2.02. The number of thiazole rings is 1. The molecule has 1 aromatic rings. The normalized spacial score (nSPS) is 14.9. The number of nitrogens with one attached hydrogen (secondary N) is 1. The molecule has 0 bridgehead atoms. The molecule has 90 valence electrons. The molecule has 2 atom stereocenters. The highest BCUT2D eigenvalue weighted by Crippen LogP contribution is 2.19. The van der Waals surface area contributed by atoms with Gasteiger partial charge in [-0.15, -0.1) is 11.3 Å². The van der Waals surface area contributed by atoms with Crippen molar-refractivity contribution in [3.05, 3.63) is 16.1 Å². The molecule has 2 unspecified atom stereocenters. The summed E-state index contributed by atoms with van der Waals surface area (Å²) in [6.07, 6.45) is 1.81. The number of amides is 1. The Bertz CT molecular complexity index is 362. The second-order valence-corrected chi connectivity index (χ2v) is 5.58. The van der Waals surface area contributed by atoms with Crippen molar-refractivity contribution in [3.8, 4) is 0 Å². The van der Waals surface area contributed by atoms with Crippen LogP contribution >= 0.6 is 11.3 Å². The maximum Gasteiger partial charge on any atom is 0.237 e. The quantitative estimate of drug-likeness (QED) is 0.841. The third kappa shape index (κ3) is 3.28. The van der Waals surface area contributed by atoms with E-state index < -0.39 is 6.04 Å². The molecular formula is C11H19N3OS. The van der Waals surface area contributed by atoms with Crippen molar-refractivity contribution in [1.29, 1.82) is 0 Å². The molecule has 5 heteroatoms. The summed E-state index contributed by atoms with van der Waals surface area (Å²) in [6, 6.07) is -0.528. The van der Waals surface area contributed by atoms with Crippen molar-refractivity contribution in [3.63, 3.8) is 0 Å². The van der Waals surface area contributed by atoms with Gasteiger partial charge in [-0.3, -0.25) is 4.79 Å². The predicted octanol–water partition coefficient (Wildman–Crippen LogP) is 1.61. The van der Waals surface area contributed by atoms with Gasteiger partial charge in [-0.25, -0.2) is 4.98 Å². The molecule has 4 nitrogen and oxygen atoms in total. The zero-order chi connectivity index (χ0) is 12.3. The summed E-state index contributed by atoms with van der Waals surface area (Å²) in [4.78, 5) is 17.1. The van der Waals surface area contributed by atoms with Gasteiger partial charge in [0.05, 0.1) is 12.1 Å². The van der Waals surface area contributed by atoms with E-state index in [1.54, 1.807) is 11.3 Å². The summed E-state index contributed by atoms with van der Waals surface area (Å²) in [5.74, 6) is 0.0283. The van der Waals surface area contributed by atoms with E-state index in [0.29, 0.717) is 0 Å². The number of rotatable bonds is 4. The Balaban J connectivity index is 2.58. The molecule has 0 aliphatic rings. The Morgan fingerprint density at radius 1 is 1.50 bits per heavy atom. The number of hydrogen-bond acceptors (Lipinski definition) is 4. The predicted molar refractivity (Wildman–Crippen MR) is 66.2 cm³/mol. The zero-order valence-corrected chi connectivity index (χ0v) is 11.0. The molecule has 1 heterocycles. The van der Waals surface area contributed by atoms with Crippen LogP contribution in [0.2, 0.25) is 0 Å². The minimum Gasteiger partial charge on any atom is -0.346 e. The Morgan fingerprint density at radius 3 is 2.56 bits per heavy atom. The molecule has 16 heavy (non-hydrogen) atoms. The minimum atomic E-state index is -0.455. The lowest BCUT2D eigenvalue weighted by molar-refractivity contribution is -0.123. The highest BCUT2D eigenvalue weighted by Gasteiger charge is 2.20. The first-order valence-electron chi connectivity index (χ1n) is 5.40. The molecule has 3 N–H and O–H groups in total. The molecule has 1 aromatic heterocycles. The van der Waals surface area contributed by atoms with Gasteiger partial charge in [0.2, 0.25) is 5.91 Å². The lowest BCUT2D eigenvalue weighted by Crippen LogP contribution is -2.44. The van der Waals surface area contributed by atoms with E-state index >= 15 is 0 Å². The fourth-order valence-electron chi connectivity index (χ4n) is 1.25. The van der Waals surface area contributed by atoms with E-state index in [2.05, 4.69) is 10.3 Å². The topological polar surface area (TPSA) is 68.0 Å². The number of carbonyl (C=O) groups excluding carboxylic acids is 1. The van der Waals surface area contributed by atoms with Crippen molar-refractivity contribution in [2.45, 2.75) is 39.8 Å². The summed E-state index contributed by atoms with van der Waals surface area (Å²) >= 11 is 1.59. The second kappa shape index (κ2) is 5.41. The van der Waals surface area contributed by atoms with Crippen molar-refractivity contribution in [2.75, 3.05) is 0 Å². The fraction of sp³-hybridized carbons (Fsp3) is 0.636. The number of aromatic nitrogens is 1. The van der Waals surface area contributed by atoms with Gasteiger partial charge in [0.1, 0.15) is 5.01 Å². The molecule has 0 aromatic carbocycles. The van der Waals surface area contributed by atoms with Gasteiger partial charge in [0.25, 0.3) is 0 Å². The van der Waals surface area contributed by atoms with Crippen LogP contribution in [0, 0.1) is 12.8 Å². The lowest BCUT2D eigenvalue weighted by atomic mass is 10.0. The third-order valence-electron chi connectivity index (χ3n) is 2.39. The van der Waals surface area contributed by atoms with E-state index in [0.717, 1.165) is 9.88 Å². The maximum absolute atomic E-state index is 11.7. The van der Waals surface area contributed by atoms with Gasteiger partial charge >= 0.3 is 0 Å². The average molecular weight is 241 g/mol. The Labute approximate surface area is 100 Å². The lowest BCUT2D eigenvalue weighted by Gasteiger charge is -2.18. The summed E-state index contributed by atoms with van der Waals surface area (Å²) in [7, 11) is 0. The van der Waals surface area contributed by atoms with Crippen LogP contribution in [0.3, 0.4) is 0 Å². The molecule has 0 radical (unpaired) electrons. The molecule has 0 fully saturated rings.